The van der Waals surface area contributed by atoms with E-state index >= 15 is 0 Å². The third kappa shape index (κ3) is 4.52. The van der Waals surface area contributed by atoms with E-state index in [2.05, 4.69) is 44.1 Å². The molecule has 1 rings (SSSR count). The zero-order chi connectivity index (χ0) is 12.8. The third-order valence-electron chi connectivity index (χ3n) is 3.10. The van der Waals surface area contributed by atoms with Gasteiger partial charge < -0.3 is 9.73 Å². The summed E-state index contributed by atoms with van der Waals surface area (Å²) >= 11 is 0. The number of nitrogens with one attached hydrogen (secondary N) is 1. The van der Waals surface area contributed by atoms with Crippen LogP contribution in [0.25, 0.3) is 0 Å². The van der Waals surface area contributed by atoms with Gasteiger partial charge in [0.1, 0.15) is 11.5 Å². The van der Waals surface area contributed by atoms with E-state index in [0.29, 0.717) is 6.04 Å². The molecule has 0 aliphatic heterocycles. The van der Waals surface area contributed by atoms with Crippen LogP contribution in [-0.4, -0.2) is 24.5 Å². The summed E-state index contributed by atoms with van der Waals surface area (Å²) in [5, 5.41) is 3.36. The summed E-state index contributed by atoms with van der Waals surface area (Å²) in [4.78, 5) is 2.32. The molecule has 3 nitrogen and oxygen atoms in total. The van der Waals surface area contributed by atoms with Crippen LogP contribution in [0.3, 0.4) is 0 Å². The highest BCUT2D eigenvalue weighted by molar-refractivity contribution is 5.20. The summed E-state index contributed by atoms with van der Waals surface area (Å²) < 4.78 is 5.75. The highest BCUT2D eigenvalue weighted by Crippen LogP contribution is 2.17. The van der Waals surface area contributed by atoms with Crippen molar-refractivity contribution in [3.8, 4) is 0 Å². The lowest BCUT2D eigenvalue weighted by Crippen LogP contribution is -2.25. The first-order chi connectivity index (χ1) is 8.04. The second kappa shape index (κ2) is 6.82. The maximum absolute atomic E-state index is 5.75. The summed E-state index contributed by atoms with van der Waals surface area (Å²) in [5.74, 6) is 2.09. The lowest BCUT2D eigenvalue weighted by atomic mass is 10.2. The summed E-state index contributed by atoms with van der Waals surface area (Å²) in [6, 6.07) is 2.74. The van der Waals surface area contributed by atoms with E-state index in [1.807, 2.05) is 6.92 Å². The molecule has 0 aromatic carbocycles. The van der Waals surface area contributed by atoms with Gasteiger partial charge in [-0.2, -0.15) is 0 Å². The smallest absolute Gasteiger partial charge is 0.118 e. The SMILES string of the molecule is CCCNCc1cc(CN(C)C(C)C)c(C)o1. The largest absolute Gasteiger partial charge is 0.465 e. The molecule has 17 heavy (non-hydrogen) atoms. The second-order valence-corrected chi connectivity index (χ2v) is 4.98. The van der Waals surface area contributed by atoms with E-state index in [1.165, 1.54) is 5.56 Å². The lowest BCUT2D eigenvalue weighted by molar-refractivity contribution is 0.264. The number of hydrogen-bond donors (Lipinski definition) is 1. The minimum Gasteiger partial charge on any atom is -0.465 e. The Balaban J connectivity index is 2.55. The molecule has 3 heteroatoms. The van der Waals surface area contributed by atoms with E-state index < -0.39 is 0 Å². The molecule has 0 aliphatic rings. The number of nitrogens with zero attached hydrogens (tertiary/aromatic N) is 1. The molecular weight excluding hydrogens is 212 g/mol. The van der Waals surface area contributed by atoms with Gasteiger partial charge in [0.2, 0.25) is 0 Å². The van der Waals surface area contributed by atoms with Gasteiger partial charge in [-0.15, -0.1) is 0 Å². The minimum absolute atomic E-state index is 0.561. The van der Waals surface area contributed by atoms with Gasteiger partial charge in [-0.05, 0) is 46.9 Å². The molecule has 1 aromatic rings. The van der Waals surface area contributed by atoms with Crippen LogP contribution in [0.2, 0.25) is 0 Å². The molecule has 1 aromatic heterocycles. The van der Waals surface area contributed by atoms with E-state index in [-0.39, 0.29) is 0 Å². The van der Waals surface area contributed by atoms with Gasteiger partial charge >= 0.3 is 0 Å². The van der Waals surface area contributed by atoms with Gasteiger partial charge in [0.05, 0.1) is 6.54 Å². The van der Waals surface area contributed by atoms with Gasteiger partial charge in [-0.1, -0.05) is 6.92 Å². The van der Waals surface area contributed by atoms with Crippen LogP contribution in [-0.2, 0) is 13.1 Å². The van der Waals surface area contributed by atoms with Crippen molar-refractivity contribution in [2.24, 2.45) is 0 Å². The molecule has 1 N–H and O–H groups in total. The Morgan fingerprint density at radius 3 is 2.71 bits per heavy atom. The Morgan fingerprint density at radius 2 is 2.12 bits per heavy atom. The van der Waals surface area contributed by atoms with Crippen molar-refractivity contribution < 1.29 is 4.42 Å². The van der Waals surface area contributed by atoms with Crippen LogP contribution in [0, 0.1) is 6.92 Å². The summed E-state index contributed by atoms with van der Waals surface area (Å²) in [6.45, 7) is 11.5. The second-order valence-electron chi connectivity index (χ2n) is 4.98. The van der Waals surface area contributed by atoms with Crippen molar-refractivity contribution in [3.05, 3.63) is 23.2 Å². The van der Waals surface area contributed by atoms with Gasteiger partial charge in [0, 0.05) is 18.2 Å². The number of furan rings is 1. The Morgan fingerprint density at radius 1 is 1.41 bits per heavy atom. The monoisotopic (exact) mass is 238 g/mol. The Kier molecular flexibility index (Phi) is 5.72. The molecule has 0 saturated heterocycles. The van der Waals surface area contributed by atoms with E-state index in [0.717, 1.165) is 37.6 Å². The van der Waals surface area contributed by atoms with Gasteiger partial charge in [-0.3, -0.25) is 4.90 Å². The average molecular weight is 238 g/mol. The van der Waals surface area contributed by atoms with Crippen LogP contribution >= 0.6 is 0 Å². The predicted octanol–water partition coefficient (Wildman–Crippen LogP) is 2.93. The first kappa shape index (κ1) is 14.3. The Bertz CT molecular complexity index is 331. The van der Waals surface area contributed by atoms with Crippen molar-refractivity contribution in [1.82, 2.24) is 10.2 Å². The molecule has 0 fully saturated rings. The molecule has 98 valence electrons. The van der Waals surface area contributed by atoms with Gasteiger partial charge in [-0.25, -0.2) is 0 Å². The van der Waals surface area contributed by atoms with Crippen molar-refractivity contribution in [1.29, 1.82) is 0 Å². The third-order valence-corrected chi connectivity index (χ3v) is 3.10. The number of aryl methyl sites for hydroxylation is 1. The zero-order valence-electron chi connectivity index (χ0n) is 11.8. The lowest BCUT2D eigenvalue weighted by Gasteiger charge is -2.20. The standard InChI is InChI=1S/C14H26N2O/c1-6-7-15-9-14-8-13(12(4)17-14)10-16(5)11(2)3/h8,11,15H,6-7,9-10H2,1-5H3. The molecule has 0 unspecified atom stereocenters. The quantitative estimate of drug-likeness (QED) is 0.740. The van der Waals surface area contributed by atoms with Gasteiger partial charge in [0.15, 0.2) is 0 Å². The average Bonchev–Trinajstić information content (AvgIpc) is 2.60. The van der Waals surface area contributed by atoms with Crippen LogP contribution in [0.5, 0.6) is 0 Å². The molecular formula is C14H26N2O. The molecule has 0 spiro atoms. The van der Waals surface area contributed by atoms with E-state index in [1.54, 1.807) is 0 Å². The minimum atomic E-state index is 0.561. The van der Waals surface area contributed by atoms with E-state index in [9.17, 15) is 0 Å². The summed E-state index contributed by atoms with van der Waals surface area (Å²) in [6.07, 6.45) is 1.16. The predicted molar refractivity (Wildman–Crippen MR) is 72.0 cm³/mol. The number of hydrogen-bond acceptors (Lipinski definition) is 3. The van der Waals surface area contributed by atoms with Crippen molar-refractivity contribution >= 4 is 0 Å². The van der Waals surface area contributed by atoms with Crippen molar-refractivity contribution in [3.63, 3.8) is 0 Å². The van der Waals surface area contributed by atoms with Crippen LogP contribution in [0.1, 0.15) is 44.3 Å². The molecule has 0 bridgehead atoms. The molecule has 0 amide bonds. The fraction of sp³-hybridized carbons (Fsp3) is 0.714. The van der Waals surface area contributed by atoms with Crippen LogP contribution < -0.4 is 5.32 Å². The maximum atomic E-state index is 5.75. The van der Waals surface area contributed by atoms with Crippen molar-refractivity contribution in [2.45, 2.75) is 53.2 Å². The molecule has 0 aliphatic carbocycles. The first-order valence-electron chi connectivity index (χ1n) is 6.53. The van der Waals surface area contributed by atoms with Crippen LogP contribution in [0.4, 0.5) is 0 Å². The fourth-order valence-electron chi connectivity index (χ4n) is 1.67. The molecule has 0 saturated carbocycles. The fourth-order valence-corrected chi connectivity index (χ4v) is 1.67. The molecule has 0 atom stereocenters. The summed E-state index contributed by atoms with van der Waals surface area (Å²) in [5.41, 5.74) is 1.30. The Labute approximate surface area is 105 Å². The molecule has 1 heterocycles. The summed E-state index contributed by atoms with van der Waals surface area (Å²) in [7, 11) is 2.14. The topological polar surface area (TPSA) is 28.4 Å². The first-order valence-corrected chi connectivity index (χ1v) is 6.53. The van der Waals surface area contributed by atoms with Crippen LogP contribution in [0.15, 0.2) is 10.5 Å². The number of rotatable bonds is 7. The Hall–Kier alpha value is -0.800. The zero-order valence-corrected chi connectivity index (χ0v) is 11.8. The maximum Gasteiger partial charge on any atom is 0.118 e. The van der Waals surface area contributed by atoms with E-state index in [4.69, 9.17) is 4.42 Å². The highest BCUT2D eigenvalue weighted by Gasteiger charge is 2.11. The molecule has 0 radical (unpaired) electrons. The van der Waals surface area contributed by atoms with Crippen molar-refractivity contribution in [2.75, 3.05) is 13.6 Å². The normalized spacial score (nSPS) is 11.7. The highest BCUT2D eigenvalue weighted by atomic mass is 16.3. The van der Waals surface area contributed by atoms with Gasteiger partial charge in [0.25, 0.3) is 0 Å².